The van der Waals surface area contributed by atoms with Gasteiger partial charge in [-0.3, -0.25) is 4.57 Å². The summed E-state index contributed by atoms with van der Waals surface area (Å²) in [5.41, 5.74) is 1.18. The molecule has 72 valence electrons. The van der Waals surface area contributed by atoms with Crippen LogP contribution in [0.2, 0.25) is 0 Å². The standard InChI is InChI=1S/C10H15O2P/c1-4-13(3,11)12-10-7-5-9(2)6-8-10/h5-8H,4H2,1-3H3. The van der Waals surface area contributed by atoms with Crippen LogP contribution in [0.4, 0.5) is 0 Å². The molecule has 1 unspecified atom stereocenters. The molecule has 0 fully saturated rings. The molecular formula is C10H15O2P. The Morgan fingerprint density at radius 1 is 1.31 bits per heavy atom. The predicted octanol–water partition coefficient (Wildman–Crippen LogP) is 3.30. The summed E-state index contributed by atoms with van der Waals surface area (Å²) >= 11 is 0. The van der Waals surface area contributed by atoms with E-state index in [2.05, 4.69) is 0 Å². The van der Waals surface area contributed by atoms with Gasteiger partial charge >= 0.3 is 0 Å². The lowest BCUT2D eigenvalue weighted by atomic mass is 10.2. The highest BCUT2D eigenvalue weighted by Crippen LogP contribution is 2.42. The lowest BCUT2D eigenvalue weighted by Crippen LogP contribution is -1.93. The number of rotatable bonds is 3. The van der Waals surface area contributed by atoms with E-state index in [9.17, 15) is 4.57 Å². The largest absolute Gasteiger partial charge is 0.443 e. The van der Waals surface area contributed by atoms with E-state index < -0.39 is 7.37 Å². The Balaban J connectivity index is 2.75. The molecule has 2 nitrogen and oxygen atoms in total. The second-order valence-corrected chi connectivity index (χ2v) is 6.08. The average molecular weight is 198 g/mol. The number of hydrogen-bond acceptors (Lipinski definition) is 2. The first-order chi connectivity index (χ1) is 6.03. The number of hydrogen-bond donors (Lipinski definition) is 0. The van der Waals surface area contributed by atoms with E-state index in [1.54, 1.807) is 6.66 Å². The van der Waals surface area contributed by atoms with Gasteiger partial charge in [0.2, 0.25) is 7.37 Å². The van der Waals surface area contributed by atoms with Gasteiger partial charge < -0.3 is 4.52 Å². The molecule has 0 saturated carbocycles. The van der Waals surface area contributed by atoms with Gasteiger partial charge in [-0.15, -0.1) is 0 Å². The van der Waals surface area contributed by atoms with Crippen LogP contribution in [0.25, 0.3) is 0 Å². The van der Waals surface area contributed by atoms with Gasteiger partial charge in [0.15, 0.2) is 0 Å². The summed E-state index contributed by atoms with van der Waals surface area (Å²) in [6.07, 6.45) is 0.570. The molecule has 0 heterocycles. The van der Waals surface area contributed by atoms with E-state index in [-0.39, 0.29) is 0 Å². The van der Waals surface area contributed by atoms with Crippen molar-refractivity contribution in [3.63, 3.8) is 0 Å². The summed E-state index contributed by atoms with van der Waals surface area (Å²) < 4.78 is 17.0. The fourth-order valence-corrected chi connectivity index (χ4v) is 1.58. The minimum Gasteiger partial charge on any atom is -0.443 e. The molecule has 0 aliphatic rings. The zero-order valence-electron chi connectivity index (χ0n) is 8.28. The van der Waals surface area contributed by atoms with Crippen LogP contribution in [0.3, 0.4) is 0 Å². The Labute approximate surface area is 79.4 Å². The van der Waals surface area contributed by atoms with E-state index in [1.165, 1.54) is 5.56 Å². The monoisotopic (exact) mass is 198 g/mol. The van der Waals surface area contributed by atoms with Gasteiger partial charge in [0, 0.05) is 12.8 Å². The highest BCUT2D eigenvalue weighted by molar-refractivity contribution is 7.58. The van der Waals surface area contributed by atoms with Crippen LogP contribution in [-0.4, -0.2) is 12.8 Å². The molecule has 0 radical (unpaired) electrons. The second kappa shape index (κ2) is 3.97. The fraction of sp³-hybridized carbons (Fsp3) is 0.400. The molecule has 0 N–H and O–H groups in total. The van der Waals surface area contributed by atoms with E-state index in [0.29, 0.717) is 11.9 Å². The van der Waals surface area contributed by atoms with Gasteiger partial charge in [-0.05, 0) is 19.1 Å². The summed E-state index contributed by atoms with van der Waals surface area (Å²) in [6, 6.07) is 7.60. The lowest BCUT2D eigenvalue weighted by Gasteiger charge is -2.12. The molecule has 1 rings (SSSR count). The quantitative estimate of drug-likeness (QED) is 0.696. The maximum absolute atomic E-state index is 11.6. The third kappa shape index (κ3) is 3.23. The average Bonchev–Trinajstić information content (AvgIpc) is 2.09. The van der Waals surface area contributed by atoms with Crippen LogP contribution >= 0.6 is 7.37 Å². The molecule has 0 aliphatic heterocycles. The van der Waals surface area contributed by atoms with Gasteiger partial charge in [-0.2, -0.15) is 0 Å². The highest BCUT2D eigenvalue weighted by atomic mass is 31.2. The van der Waals surface area contributed by atoms with Crippen molar-refractivity contribution in [2.45, 2.75) is 13.8 Å². The molecule has 0 spiro atoms. The third-order valence-electron chi connectivity index (χ3n) is 1.89. The minimum absolute atomic E-state index is 0.570. The molecule has 0 saturated heterocycles. The lowest BCUT2D eigenvalue weighted by molar-refractivity contribution is 0.489. The summed E-state index contributed by atoms with van der Waals surface area (Å²) in [7, 11) is -2.41. The summed E-state index contributed by atoms with van der Waals surface area (Å²) in [6.45, 7) is 5.54. The third-order valence-corrected chi connectivity index (χ3v) is 3.64. The summed E-state index contributed by atoms with van der Waals surface area (Å²) in [5.74, 6) is 0.693. The van der Waals surface area contributed by atoms with Gasteiger partial charge in [0.25, 0.3) is 0 Å². The van der Waals surface area contributed by atoms with Crippen molar-refractivity contribution in [2.24, 2.45) is 0 Å². The van der Waals surface area contributed by atoms with Gasteiger partial charge in [-0.1, -0.05) is 24.6 Å². The summed E-state index contributed by atoms with van der Waals surface area (Å²) in [4.78, 5) is 0. The molecule has 0 amide bonds. The van der Waals surface area contributed by atoms with Crippen molar-refractivity contribution >= 4 is 7.37 Å². The van der Waals surface area contributed by atoms with Crippen LogP contribution in [-0.2, 0) is 4.57 Å². The van der Waals surface area contributed by atoms with E-state index in [0.717, 1.165) is 0 Å². The Hall–Kier alpha value is -0.750. The van der Waals surface area contributed by atoms with Gasteiger partial charge in [0.05, 0.1) is 0 Å². The van der Waals surface area contributed by atoms with Crippen molar-refractivity contribution in [1.29, 1.82) is 0 Å². The van der Waals surface area contributed by atoms with Gasteiger partial charge in [0.1, 0.15) is 5.75 Å². The van der Waals surface area contributed by atoms with Crippen molar-refractivity contribution in [3.8, 4) is 5.75 Å². The molecule has 13 heavy (non-hydrogen) atoms. The maximum atomic E-state index is 11.6. The number of benzene rings is 1. The van der Waals surface area contributed by atoms with E-state index >= 15 is 0 Å². The summed E-state index contributed by atoms with van der Waals surface area (Å²) in [5, 5.41) is 0. The molecular weight excluding hydrogens is 183 g/mol. The van der Waals surface area contributed by atoms with Crippen molar-refractivity contribution in [3.05, 3.63) is 29.8 Å². The van der Waals surface area contributed by atoms with Crippen LogP contribution in [0, 0.1) is 6.92 Å². The van der Waals surface area contributed by atoms with Gasteiger partial charge in [-0.25, -0.2) is 0 Å². The van der Waals surface area contributed by atoms with Crippen LogP contribution in [0.5, 0.6) is 5.75 Å². The molecule has 0 aromatic heterocycles. The van der Waals surface area contributed by atoms with Crippen molar-refractivity contribution in [1.82, 2.24) is 0 Å². The molecule has 1 aromatic rings. The first-order valence-electron chi connectivity index (χ1n) is 4.36. The minimum atomic E-state index is -2.41. The maximum Gasteiger partial charge on any atom is 0.244 e. The molecule has 1 aromatic carbocycles. The fourth-order valence-electron chi connectivity index (χ4n) is 0.887. The first kappa shape index (κ1) is 10.3. The van der Waals surface area contributed by atoms with Crippen LogP contribution in [0.1, 0.15) is 12.5 Å². The Morgan fingerprint density at radius 3 is 2.31 bits per heavy atom. The van der Waals surface area contributed by atoms with E-state index in [1.807, 2.05) is 38.1 Å². The zero-order chi connectivity index (χ0) is 9.90. The molecule has 0 aliphatic carbocycles. The van der Waals surface area contributed by atoms with E-state index in [4.69, 9.17) is 4.52 Å². The Bertz CT molecular complexity index is 316. The van der Waals surface area contributed by atoms with Crippen molar-refractivity contribution in [2.75, 3.05) is 12.8 Å². The highest BCUT2D eigenvalue weighted by Gasteiger charge is 2.13. The van der Waals surface area contributed by atoms with Crippen molar-refractivity contribution < 1.29 is 9.09 Å². The Kier molecular flexibility index (Phi) is 3.16. The molecule has 1 atom stereocenters. The second-order valence-electron chi connectivity index (χ2n) is 3.23. The number of aryl methyl sites for hydroxylation is 1. The van der Waals surface area contributed by atoms with Crippen LogP contribution < -0.4 is 4.52 Å². The smallest absolute Gasteiger partial charge is 0.244 e. The zero-order valence-corrected chi connectivity index (χ0v) is 9.17. The molecule has 3 heteroatoms. The Morgan fingerprint density at radius 2 is 1.85 bits per heavy atom. The molecule has 0 bridgehead atoms. The topological polar surface area (TPSA) is 26.3 Å². The predicted molar refractivity (Wildman–Crippen MR) is 55.9 cm³/mol. The first-order valence-corrected chi connectivity index (χ1v) is 6.62. The van der Waals surface area contributed by atoms with Crippen LogP contribution in [0.15, 0.2) is 24.3 Å². The SMILES string of the molecule is CCP(C)(=O)Oc1ccc(C)cc1. The normalized spacial score (nSPS) is 15.0.